The molecule has 21 heavy (non-hydrogen) atoms. The van der Waals surface area contributed by atoms with Crippen LogP contribution in [0.5, 0.6) is 17.2 Å². The molecule has 3 rings (SSSR count). The van der Waals surface area contributed by atoms with E-state index in [0.717, 1.165) is 0 Å². The van der Waals surface area contributed by atoms with Gasteiger partial charge in [0.05, 0.1) is 7.11 Å². The highest BCUT2D eigenvalue weighted by Crippen LogP contribution is 2.38. The number of methoxy groups -OCH3 is 1. The maximum Gasteiger partial charge on any atom is 0.231 e. The fraction of sp³-hybridized carbons (Fsp3) is 0.176. The minimum absolute atomic E-state index is 0.176. The van der Waals surface area contributed by atoms with Crippen LogP contribution < -0.4 is 14.2 Å². The monoisotopic (exact) mass is 282 g/mol. The van der Waals surface area contributed by atoms with Crippen molar-refractivity contribution in [2.24, 2.45) is 0 Å². The number of ether oxygens (including phenoxy) is 3. The second-order valence-corrected chi connectivity index (χ2v) is 4.65. The molecule has 1 N–H and O–H groups in total. The molecule has 0 aromatic heterocycles. The molecule has 0 spiro atoms. The van der Waals surface area contributed by atoms with Crippen LogP contribution in [0.15, 0.2) is 42.5 Å². The first-order valence-electron chi connectivity index (χ1n) is 6.42. The molecule has 106 valence electrons. The van der Waals surface area contributed by atoms with Crippen LogP contribution in [0.25, 0.3) is 0 Å². The highest BCUT2D eigenvalue weighted by atomic mass is 16.7. The van der Waals surface area contributed by atoms with Gasteiger partial charge in [-0.2, -0.15) is 0 Å². The van der Waals surface area contributed by atoms with E-state index in [4.69, 9.17) is 20.6 Å². The fourth-order valence-corrected chi connectivity index (χ4v) is 2.29. The summed E-state index contributed by atoms with van der Waals surface area (Å²) in [4.78, 5) is 0. The first kappa shape index (κ1) is 13.3. The molecule has 1 heterocycles. The summed E-state index contributed by atoms with van der Waals surface area (Å²) in [6, 6.07) is 12.2. The zero-order chi connectivity index (χ0) is 14.9. The van der Waals surface area contributed by atoms with Gasteiger partial charge in [-0.1, -0.05) is 24.1 Å². The highest BCUT2D eigenvalue weighted by molar-refractivity contribution is 5.52. The van der Waals surface area contributed by atoms with Gasteiger partial charge in [-0.15, -0.1) is 6.42 Å². The first-order chi connectivity index (χ1) is 10.2. The second-order valence-electron chi connectivity index (χ2n) is 4.65. The van der Waals surface area contributed by atoms with Gasteiger partial charge in [0, 0.05) is 11.1 Å². The molecule has 0 bridgehead atoms. The average molecular weight is 282 g/mol. The summed E-state index contributed by atoms with van der Waals surface area (Å²) in [5.41, 5.74) is -0.392. The van der Waals surface area contributed by atoms with Crippen molar-refractivity contribution in [2.75, 3.05) is 13.9 Å². The van der Waals surface area contributed by atoms with E-state index in [1.165, 1.54) is 0 Å². The molecular weight excluding hydrogens is 268 g/mol. The Morgan fingerprint density at radius 1 is 1.10 bits per heavy atom. The van der Waals surface area contributed by atoms with Crippen LogP contribution in [-0.4, -0.2) is 19.0 Å². The van der Waals surface area contributed by atoms with E-state index < -0.39 is 5.60 Å². The Kier molecular flexibility index (Phi) is 3.20. The number of hydrogen-bond donors (Lipinski definition) is 1. The zero-order valence-electron chi connectivity index (χ0n) is 11.5. The molecule has 0 saturated carbocycles. The van der Waals surface area contributed by atoms with Crippen molar-refractivity contribution in [1.29, 1.82) is 0 Å². The van der Waals surface area contributed by atoms with Gasteiger partial charge in [-0.05, 0) is 24.3 Å². The quantitative estimate of drug-likeness (QED) is 0.878. The first-order valence-corrected chi connectivity index (χ1v) is 6.42. The van der Waals surface area contributed by atoms with E-state index in [1.807, 2.05) is 0 Å². The van der Waals surface area contributed by atoms with E-state index >= 15 is 0 Å². The van der Waals surface area contributed by atoms with Crippen molar-refractivity contribution in [3.63, 3.8) is 0 Å². The van der Waals surface area contributed by atoms with Gasteiger partial charge in [-0.25, -0.2) is 0 Å². The lowest BCUT2D eigenvalue weighted by Gasteiger charge is -2.23. The lowest BCUT2D eigenvalue weighted by atomic mass is 9.87. The lowest BCUT2D eigenvalue weighted by molar-refractivity contribution is 0.144. The summed E-state index contributed by atoms with van der Waals surface area (Å²) in [5.74, 6) is 4.38. The van der Waals surface area contributed by atoms with E-state index in [-0.39, 0.29) is 6.79 Å². The van der Waals surface area contributed by atoms with Crippen LogP contribution >= 0.6 is 0 Å². The number of fused-ring (bicyclic) bond motifs is 1. The Morgan fingerprint density at radius 3 is 2.43 bits per heavy atom. The Labute approximate surface area is 122 Å². The highest BCUT2D eigenvalue weighted by Gasteiger charge is 2.31. The van der Waals surface area contributed by atoms with Crippen LogP contribution in [0.1, 0.15) is 11.1 Å². The van der Waals surface area contributed by atoms with Crippen LogP contribution in [0, 0.1) is 12.3 Å². The average Bonchev–Trinajstić information content (AvgIpc) is 3.01. The van der Waals surface area contributed by atoms with Crippen LogP contribution in [0.2, 0.25) is 0 Å². The van der Waals surface area contributed by atoms with Crippen LogP contribution in [-0.2, 0) is 5.60 Å². The van der Waals surface area contributed by atoms with Gasteiger partial charge >= 0.3 is 0 Å². The molecule has 1 unspecified atom stereocenters. The number of benzene rings is 2. The number of terminal acetylenes is 1. The van der Waals surface area contributed by atoms with Gasteiger partial charge in [0.1, 0.15) is 5.75 Å². The predicted molar refractivity (Wildman–Crippen MR) is 77.4 cm³/mol. The smallest absolute Gasteiger partial charge is 0.231 e. The second kappa shape index (κ2) is 5.04. The van der Waals surface area contributed by atoms with Crippen molar-refractivity contribution >= 4 is 0 Å². The van der Waals surface area contributed by atoms with Gasteiger partial charge in [-0.3, -0.25) is 0 Å². The summed E-state index contributed by atoms with van der Waals surface area (Å²) < 4.78 is 15.7. The lowest BCUT2D eigenvalue weighted by Crippen LogP contribution is -2.24. The summed E-state index contributed by atoms with van der Waals surface area (Å²) in [5, 5.41) is 10.9. The summed E-state index contributed by atoms with van der Waals surface area (Å²) in [6.45, 7) is 0.176. The van der Waals surface area contributed by atoms with Crippen LogP contribution in [0.4, 0.5) is 0 Å². The topological polar surface area (TPSA) is 47.9 Å². The van der Waals surface area contributed by atoms with E-state index in [2.05, 4.69) is 5.92 Å². The molecule has 4 nitrogen and oxygen atoms in total. The Hall–Kier alpha value is -2.64. The molecule has 0 fully saturated rings. The minimum atomic E-state index is -1.53. The van der Waals surface area contributed by atoms with Gasteiger partial charge < -0.3 is 19.3 Å². The van der Waals surface area contributed by atoms with E-state index in [1.54, 1.807) is 49.6 Å². The Bertz CT molecular complexity index is 700. The fourth-order valence-electron chi connectivity index (χ4n) is 2.29. The Balaban J connectivity index is 2.04. The standard InChI is InChI=1S/C17H14O4/c1-3-17(18,12-4-7-14(19-2)8-5-12)13-6-9-15-16(10-13)21-11-20-15/h1,4-10,18H,11H2,2H3. The number of rotatable bonds is 3. The minimum Gasteiger partial charge on any atom is -0.497 e. The van der Waals surface area contributed by atoms with Crippen molar-refractivity contribution < 1.29 is 19.3 Å². The van der Waals surface area contributed by atoms with Crippen molar-refractivity contribution in [3.05, 3.63) is 53.6 Å². The van der Waals surface area contributed by atoms with Crippen LogP contribution in [0.3, 0.4) is 0 Å². The molecule has 1 atom stereocenters. The molecule has 1 aliphatic heterocycles. The summed E-state index contributed by atoms with van der Waals surface area (Å²) in [7, 11) is 1.58. The third-order valence-electron chi connectivity index (χ3n) is 3.51. The molecule has 0 saturated heterocycles. The third-order valence-corrected chi connectivity index (χ3v) is 3.51. The summed E-state index contributed by atoms with van der Waals surface area (Å²) in [6.07, 6.45) is 5.58. The summed E-state index contributed by atoms with van der Waals surface area (Å²) >= 11 is 0. The molecule has 0 amide bonds. The van der Waals surface area contributed by atoms with Crippen molar-refractivity contribution in [1.82, 2.24) is 0 Å². The van der Waals surface area contributed by atoms with Crippen molar-refractivity contribution in [2.45, 2.75) is 5.60 Å². The maximum atomic E-state index is 10.9. The predicted octanol–water partition coefficient (Wildman–Crippen LogP) is 2.29. The Morgan fingerprint density at radius 2 is 1.76 bits per heavy atom. The van der Waals surface area contributed by atoms with Gasteiger partial charge in [0.2, 0.25) is 6.79 Å². The van der Waals surface area contributed by atoms with E-state index in [9.17, 15) is 5.11 Å². The van der Waals surface area contributed by atoms with Gasteiger partial charge in [0.25, 0.3) is 0 Å². The number of aliphatic hydroxyl groups is 1. The van der Waals surface area contributed by atoms with E-state index in [0.29, 0.717) is 28.4 Å². The molecule has 2 aromatic rings. The number of hydrogen-bond acceptors (Lipinski definition) is 4. The van der Waals surface area contributed by atoms with Gasteiger partial charge in [0.15, 0.2) is 17.1 Å². The molecule has 0 radical (unpaired) electrons. The molecule has 0 aliphatic carbocycles. The van der Waals surface area contributed by atoms with Crippen molar-refractivity contribution in [3.8, 4) is 29.6 Å². The molecule has 4 heteroatoms. The SMILES string of the molecule is C#CC(O)(c1ccc(OC)cc1)c1ccc2c(c1)OCO2. The molecule has 1 aliphatic rings. The largest absolute Gasteiger partial charge is 0.497 e. The zero-order valence-corrected chi connectivity index (χ0v) is 11.5. The molecular formula is C17H14O4. The third kappa shape index (κ3) is 2.18. The molecule has 2 aromatic carbocycles. The maximum absolute atomic E-state index is 10.9. The normalized spacial score (nSPS) is 15.1.